The topological polar surface area (TPSA) is 163 Å². The number of amides is 1. The highest BCUT2D eigenvalue weighted by Crippen LogP contribution is 2.33. The average Bonchev–Trinajstić information content (AvgIpc) is 3.35. The SMILES string of the molecule is COC(=O)/C=C1\NCCc2ccccc21.COC(=O)CC1=NCCc2ccccc21.COC(=O)CC1c2ccccc2CCN1C(=O)OC(C)(C)C.ClCCc1ccccc1.[C-]#[N+]CC(=O)OC. The van der Waals surface area contributed by atoms with Crippen molar-refractivity contribution in [1.82, 2.24) is 10.2 Å². The fourth-order valence-corrected chi connectivity index (χ4v) is 7.26. The smallest absolute Gasteiger partial charge is 0.410 e. The van der Waals surface area contributed by atoms with Crippen LogP contribution in [-0.2, 0) is 68.5 Å². The summed E-state index contributed by atoms with van der Waals surface area (Å²) in [5.74, 6) is -0.658. The molecule has 4 aromatic rings. The third kappa shape index (κ3) is 19.1. The Hall–Kier alpha value is -6.98. The maximum absolute atomic E-state index is 12.5. The van der Waals surface area contributed by atoms with Crippen molar-refractivity contribution in [1.29, 1.82) is 0 Å². The van der Waals surface area contributed by atoms with Crippen molar-refractivity contribution >= 4 is 53.0 Å². The van der Waals surface area contributed by atoms with Crippen LogP contribution in [0, 0.1) is 6.57 Å². The molecule has 0 saturated carbocycles. The number of carbonyl (C=O) groups excluding carboxylic acids is 5. The molecule has 0 spiro atoms. The summed E-state index contributed by atoms with van der Waals surface area (Å²) in [6.07, 6.45) is 5.19. The summed E-state index contributed by atoms with van der Waals surface area (Å²) >= 11 is 5.54. The zero-order valence-electron chi connectivity index (χ0n) is 40.0. The third-order valence-electron chi connectivity index (χ3n) is 10.3. The normalized spacial score (nSPS) is 14.5. The largest absolute Gasteiger partial charge is 0.469 e. The van der Waals surface area contributed by atoms with Crippen molar-refractivity contribution in [3.63, 3.8) is 0 Å². The minimum Gasteiger partial charge on any atom is -0.469 e. The fourth-order valence-electron chi connectivity index (χ4n) is 7.04. The van der Waals surface area contributed by atoms with Gasteiger partial charge in [0.25, 0.3) is 0 Å². The van der Waals surface area contributed by atoms with Crippen molar-refractivity contribution < 1.29 is 47.7 Å². The molecule has 1 N–H and O–H groups in total. The molecule has 3 heterocycles. The molecule has 1 amide bonds. The number of carbonyl (C=O) groups is 5. The Morgan fingerprint density at radius 1 is 0.750 bits per heavy atom. The molecule has 0 bridgehead atoms. The van der Waals surface area contributed by atoms with Crippen LogP contribution in [0.4, 0.5) is 4.79 Å². The van der Waals surface area contributed by atoms with Gasteiger partial charge in [-0.1, -0.05) is 103 Å². The Kier molecular flexibility index (Phi) is 24.1. The molecule has 68 heavy (non-hydrogen) atoms. The lowest BCUT2D eigenvalue weighted by molar-refractivity contribution is -0.142. The summed E-state index contributed by atoms with van der Waals surface area (Å²) < 4.78 is 23.7. The van der Waals surface area contributed by atoms with E-state index in [4.69, 9.17) is 27.6 Å². The van der Waals surface area contributed by atoms with Gasteiger partial charge in [0.1, 0.15) is 5.60 Å². The van der Waals surface area contributed by atoms with Crippen LogP contribution in [0.15, 0.2) is 114 Å². The number of esters is 4. The monoisotopic (exact) mass is 950 g/mol. The number of halogens is 1. The lowest BCUT2D eigenvalue weighted by Crippen LogP contribution is -2.43. The van der Waals surface area contributed by atoms with Gasteiger partial charge in [-0.3, -0.25) is 14.6 Å². The van der Waals surface area contributed by atoms with Crippen LogP contribution in [0.1, 0.15) is 78.6 Å². The molecule has 14 nitrogen and oxygen atoms in total. The number of nitrogens with zero attached hydrogens (tertiary/aromatic N) is 3. The van der Waals surface area contributed by atoms with E-state index in [-0.39, 0.29) is 43.3 Å². The van der Waals surface area contributed by atoms with Gasteiger partial charge in [0.15, 0.2) is 0 Å². The number of hydrogen-bond acceptors (Lipinski definition) is 12. The number of rotatable bonds is 8. The van der Waals surface area contributed by atoms with E-state index in [1.165, 1.54) is 51.2 Å². The molecule has 0 aliphatic carbocycles. The van der Waals surface area contributed by atoms with E-state index in [0.29, 0.717) is 12.4 Å². The Bertz CT molecular complexity index is 2370. The summed E-state index contributed by atoms with van der Waals surface area (Å²) in [6.45, 7) is 13.6. The zero-order chi connectivity index (χ0) is 49.9. The summed E-state index contributed by atoms with van der Waals surface area (Å²) in [4.78, 5) is 65.3. The minimum atomic E-state index is -0.566. The highest BCUT2D eigenvalue weighted by Gasteiger charge is 2.35. The Balaban J connectivity index is 0.000000237. The molecule has 362 valence electrons. The number of hydrogen-bond donors (Lipinski definition) is 1. The Morgan fingerprint density at radius 2 is 1.34 bits per heavy atom. The predicted molar refractivity (Wildman–Crippen MR) is 263 cm³/mol. The van der Waals surface area contributed by atoms with Gasteiger partial charge in [-0.2, -0.15) is 0 Å². The fraction of sp³-hybridized carbons (Fsp3) is 0.377. The molecule has 15 heteroatoms. The Morgan fingerprint density at radius 3 is 1.93 bits per heavy atom. The summed E-state index contributed by atoms with van der Waals surface area (Å²) in [7, 11) is 5.40. The van der Waals surface area contributed by atoms with Gasteiger partial charge in [0.2, 0.25) is 0 Å². The number of aliphatic imine (C=N–C) groups is 1. The molecule has 0 radical (unpaired) electrons. The van der Waals surface area contributed by atoms with Gasteiger partial charge >= 0.3 is 36.5 Å². The second-order valence-electron chi connectivity index (χ2n) is 16.1. The standard InChI is InChI=1S/C17H23NO4.2C12H13NO2.C8H9Cl.C4H5NO2/c1-17(2,3)22-16(20)18-10-9-12-7-5-6-8-13(12)14(18)11-15(19)21-4;2*1-15-12(14)8-11-10-5-3-2-4-9(10)6-7-13-11;9-7-6-8-4-2-1-3-5-8;1-5-3-4(6)7-2/h5-8,14H,9-11H2,1-4H3;2-5H,6-8H2,1H3;2-5,8,13H,6-7H2,1H3;1-5H,6-7H2;3H2,2H3/b;;11-8-;;. The average molecular weight is 952 g/mol. The van der Waals surface area contributed by atoms with E-state index < -0.39 is 17.7 Å². The highest BCUT2D eigenvalue weighted by molar-refractivity contribution is 6.18. The van der Waals surface area contributed by atoms with Crippen molar-refractivity contribution in [2.24, 2.45) is 4.99 Å². The maximum atomic E-state index is 12.5. The quantitative estimate of drug-likeness (QED) is 0.0592. The lowest BCUT2D eigenvalue weighted by atomic mass is 9.91. The number of methoxy groups -OCH3 is 4. The second kappa shape index (κ2) is 29.6. The van der Waals surface area contributed by atoms with E-state index in [1.807, 2.05) is 99.6 Å². The Labute approximate surface area is 405 Å². The molecule has 0 saturated heterocycles. The van der Waals surface area contributed by atoms with Crippen molar-refractivity contribution in [3.05, 3.63) is 160 Å². The summed E-state index contributed by atoms with van der Waals surface area (Å²) in [6, 6.07) is 33.9. The highest BCUT2D eigenvalue weighted by atomic mass is 35.5. The number of benzene rings is 4. The van der Waals surface area contributed by atoms with Crippen LogP contribution in [0.2, 0.25) is 0 Å². The van der Waals surface area contributed by atoms with Gasteiger partial charge in [-0.25, -0.2) is 21.0 Å². The van der Waals surface area contributed by atoms with Crippen LogP contribution < -0.4 is 5.32 Å². The first-order chi connectivity index (χ1) is 32.7. The van der Waals surface area contributed by atoms with Gasteiger partial charge in [-0.15, -0.1) is 11.6 Å². The van der Waals surface area contributed by atoms with Gasteiger partial charge in [-0.05, 0) is 79.8 Å². The molecule has 1 atom stereocenters. The maximum Gasteiger partial charge on any atom is 0.410 e. The van der Waals surface area contributed by atoms with E-state index in [1.54, 1.807) is 4.90 Å². The van der Waals surface area contributed by atoms with Gasteiger partial charge in [0.05, 0.1) is 53.0 Å². The number of alkyl halides is 1. The van der Waals surface area contributed by atoms with Crippen molar-refractivity contribution in [2.75, 3.05) is 60.5 Å². The van der Waals surface area contributed by atoms with Crippen molar-refractivity contribution in [2.45, 2.75) is 70.9 Å². The molecular formula is C53H63ClN4O10. The first kappa shape index (κ1) is 55.3. The van der Waals surface area contributed by atoms with Crippen LogP contribution in [0.3, 0.4) is 0 Å². The van der Waals surface area contributed by atoms with Gasteiger partial charge < -0.3 is 38.7 Å². The first-order valence-electron chi connectivity index (χ1n) is 22.1. The zero-order valence-corrected chi connectivity index (χ0v) is 40.8. The van der Waals surface area contributed by atoms with E-state index in [9.17, 15) is 24.0 Å². The molecule has 3 aliphatic heterocycles. The van der Waals surface area contributed by atoms with Crippen LogP contribution in [0.25, 0.3) is 10.5 Å². The van der Waals surface area contributed by atoms with E-state index >= 15 is 0 Å². The number of ether oxygens (including phenoxy) is 5. The third-order valence-corrected chi connectivity index (χ3v) is 10.5. The summed E-state index contributed by atoms with van der Waals surface area (Å²) in [5.41, 5.74) is 9.33. The number of nitrogens with one attached hydrogen (secondary N) is 1. The summed E-state index contributed by atoms with van der Waals surface area (Å²) in [5, 5.41) is 3.20. The molecule has 0 fully saturated rings. The first-order valence-corrected chi connectivity index (χ1v) is 22.7. The lowest BCUT2D eigenvalue weighted by Gasteiger charge is -2.37. The second-order valence-corrected chi connectivity index (χ2v) is 16.5. The van der Waals surface area contributed by atoms with Gasteiger partial charge in [0, 0.05) is 42.9 Å². The van der Waals surface area contributed by atoms with Crippen LogP contribution in [0.5, 0.6) is 0 Å². The molecule has 1 unspecified atom stereocenters. The van der Waals surface area contributed by atoms with Crippen LogP contribution in [-0.4, -0.2) is 107 Å². The van der Waals surface area contributed by atoms with Crippen molar-refractivity contribution in [3.8, 4) is 0 Å². The molecule has 0 aromatic heterocycles. The molecule has 7 rings (SSSR count). The molecular weight excluding hydrogens is 888 g/mol. The van der Waals surface area contributed by atoms with E-state index in [0.717, 1.165) is 72.4 Å². The van der Waals surface area contributed by atoms with E-state index in [2.05, 4.69) is 53.6 Å². The predicted octanol–water partition coefficient (Wildman–Crippen LogP) is 8.57. The minimum absolute atomic E-state index is 0.132. The van der Waals surface area contributed by atoms with Crippen LogP contribution >= 0.6 is 11.6 Å². The molecule has 4 aromatic carbocycles. The number of aryl methyl sites for hydroxylation is 1. The number of fused-ring (bicyclic) bond motifs is 3. The molecule has 3 aliphatic rings.